The van der Waals surface area contributed by atoms with Crippen molar-refractivity contribution >= 4 is 5.91 Å². The number of hydrogen-bond acceptors (Lipinski definition) is 5. The molecule has 0 unspecified atom stereocenters. The Morgan fingerprint density at radius 1 is 1.22 bits per heavy atom. The van der Waals surface area contributed by atoms with Gasteiger partial charge < -0.3 is 14.4 Å². The van der Waals surface area contributed by atoms with Crippen LogP contribution in [-0.4, -0.2) is 46.1 Å². The minimum atomic E-state index is -0.952. The molecule has 1 amide bonds. The van der Waals surface area contributed by atoms with Crippen molar-refractivity contribution in [2.24, 2.45) is 0 Å². The predicted molar refractivity (Wildman–Crippen MR) is 124 cm³/mol. The number of likely N-dealkylation sites (tertiary alicyclic amines) is 1. The smallest absolute Gasteiger partial charge is 0.266 e. The van der Waals surface area contributed by atoms with E-state index in [1.807, 2.05) is 44.9 Å². The fourth-order valence-electron chi connectivity index (χ4n) is 4.86. The lowest BCUT2D eigenvalue weighted by Crippen LogP contribution is -2.55. The third-order valence-corrected chi connectivity index (χ3v) is 6.70. The second kappa shape index (κ2) is 8.47. The van der Waals surface area contributed by atoms with Gasteiger partial charge in [0.15, 0.2) is 5.60 Å². The summed E-state index contributed by atoms with van der Waals surface area (Å²) in [6.45, 7) is 13.9. The molecule has 3 heterocycles. The summed E-state index contributed by atoms with van der Waals surface area (Å²) in [7, 11) is 0. The summed E-state index contributed by atoms with van der Waals surface area (Å²) in [6, 6.07) is 6.22. The Bertz CT molecular complexity index is 1010. The molecule has 0 bridgehead atoms. The van der Waals surface area contributed by atoms with Gasteiger partial charge in [-0.15, -0.1) is 0 Å². The summed E-state index contributed by atoms with van der Waals surface area (Å²) >= 11 is 0. The highest BCUT2D eigenvalue weighted by Crippen LogP contribution is 2.41. The van der Waals surface area contributed by atoms with Crippen molar-refractivity contribution in [3.05, 3.63) is 52.6 Å². The molecular formula is C26H35N3O3. The summed E-state index contributed by atoms with van der Waals surface area (Å²) < 4.78 is 12.6. The molecule has 1 saturated heterocycles. The zero-order chi connectivity index (χ0) is 23.1. The Morgan fingerprint density at radius 2 is 1.94 bits per heavy atom. The standard InChI is InChI=1S/C26H35N3O3/c1-17(2)21-8-7-18(3)15-22(21)32-25(5,6)24(30)29-12-10-26(11-13-29)23-20(9-14-31-26)16-27-19(4)28-23/h7-8,15-17H,9-14H2,1-6H3. The molecule has 0 saturated carbocycles. The zero-order valence-electron chi connectivity index (χ0n) is 20.2. The van der Waals surface area contributed by atoms with Gasteiger partial charge in [-0.05, 0) is 75.6 Å². The maximum Gasteiger partial charge on any atom is 0.266 e. The molecule has 1 aromatic heterocycles. The molecule has 0 aliphatic carbocycles. The number of benzene rings is 1. The molecule has 6 nitrogen and oxygen atoms in total. The van der Waals surface area contributed by atoms with Crippen molar-refractivity contribution in [3.8, 4) is 5.75 Å². The molecule has 4 rings (SSSR count). The van der Waals surface area contributed by atoms with Crippen molar-refractivity contribution in [2.45, 2.75) is 77.9 Å². The van der Waals surface area contributed by atoms with Gasteiger partial charge in [-0.25, -0.2) is 9.97 Å². The molecule has 2 aliphatic heterocycles. The van der Waals surface area contributed by atoms with E-state index in [4.69, 9.17) is 14.5 Å². The van der Waals surface area contributed by atoms with Crippen LogP contribution in [0.1, 0.15) is 74.7 Å². The van der Waals surface area contributed by atoms with Crippen LogP contribution in [0.2, 0.25) is 0 Å². The van der Waals surface area contributed by atoms with Crippen LogP contribution in [0, 0.1) is 13.8 Å². The highest BCUT2D eigenvalue weighted by atomic mass is 16.5. The third kappa shape index (κ3) is 4.25. The highest BCUT2D eigenvalue weighted by molar-refractivity contribution is 5.85. The number of fused-ring (bicyclic) bond motifs is 2. The average Bonchev–Trinajstić information content (AvgIpc) is 2.74. The van der Waals surface area contributed by atoms with E-state index in [0.29, 0.717) is 25.6 Å². The van der Waals surface area contributed by atoms with Gasteiger partial charge in [0.05, 0.1) is 12.3 Å². The fraction of sp³-hybridized carbons (Fsp3) is 0.577. The number of ether oxygens (including phenoxy) is 2. The second-order valence-corrected chi connectivity index (χ2v) is 9.98. The Kier molecular flexibility index (Phi) is 6.01. The van der Waals surface area contributed by atoms with Crippen molar-refractivity contribution in [1.82, 2.24) is 14.9 Å². The Hall–Kier alpha value is -2.47. The van der Waals surface area contributed by atoms with Crippen molar-refractivity contribution in [3.63, 3.8) is 0 Å². The van der Waals surface area contributed by atoms with Crippen LogP contribution in [0.25, 0.3) is 0 Å². The normalized spacial score (nSPS) is 18.0. The topological polar surface area (TPSA) is 64.5 Å². The van der Waals surface area contributed by atoms with Gasteiger partial charge in [0.25, 0.3) is 5.91 Å². The highest BCUT2D eigenvalue weighted by Gasteiger charge is 2.45. The number of hydrogen-bond donors (Lipinski definition) is 0. The molecule has 6 heteroatoms. The summed E-state index contributed by atoms with van der Waals surface area (Å²) in [6.07, 6.45) is 4.25. The number of amides is 1. The molecule has 0 atom stereocenters. The first-order valence-corrected chi connectivity index (χ1v) is 11.7. The number of aryl methyl sites for hydroxylation is 2. The van der Waals surface area contributed by atoms with Crippen LogP contribution in [0.15, 0.2) is 24.4 Å². The minimum Gasteiger partial charge on any atom is -0.478 e. The van der Waals surface area contributed by atoms with Gasteiger partial charge in [0.1, 0.15) is 17.2 Å². The van der Waals surface area contributed by atoms with E-state index in [0.717, 1.165) is 47.7 Å². The lowest BCUT2D eigenvalue weighted by molar-refractivity contribution is -0.154. The predicted octanol–water partition coefficient (Wildman–Crippen LogP) is 4.46. The molecular weight excluding hydrogens is 402 g/mol. The van der Waals surface area contributed by atoms with Gasteiger partial charge in [-0.3, -0.25) is 4.79 Å². The maximum atomic E-state index is 13.5. The van der Waals surface area contributed by atoms with Gasteiger partial charge in [-0.1, -0.05) is 26.0 Å². The van der Waals surface area contributed by atoms with Gasteiger partial charge in [-0.2, -0.15) is 0 Å². The number of carbonyl (C=O) groups is 1. The van der Waals surface area contributed by atoms with E-state index in [1.54, 1.807) is 0 Å². The van der Waals surface area contributed by atoms with Crippen LogP contribution >= 0.6 is 0 Å². The van der Waals surface area contributed by atoms with E-state index in [-0.39, 0.29) is 5.91 Å². The molecule has 32 heavy (non-hydrogen) atoms. The van der Waals surface area contributed by atoms with E-state index >= 15 is 0 Å². The van der Waals surface area contributed by atoms with E-state index in [2.05, 4.69) is 31.0 Å². The molecule has 2 aliphatic rings. The SMILES string of the molecule is Cc1ccc(C(C)C)c(OC(C)(C)C(=O)N2CCC3(CC2)OCCc2cnc(C)nc23)c1. The average molecular weight is 438 g/mol. The lowest BCUT2D eigenvalue weighted by Gasteiger charge is -2.45. The van der Waals surface area contributed by atoms with Gasteiger partial charge in [0.2, 0.25) is 0 Å². The van der Waals surface area contributed by atoms with Crippen LogP contribution in [0.5, 0.6) is 5.75 Å². The maximum absolute atomic E-state index is 13.5. The summed E-state index contributed by atoms with van der Waals surface area (Å²) in [4.78, 5) is 24.5. The third-order valence-electron chi connectivity index (χ3n) is 6.70. The van der Waals surface area contributed by atoms with E-state index < -0.39 is 11.2 Å². The first-order valence-electron chi connectivity index (χ1n) is 11.7. The number of aromatic nitrogens is 2. The van der Waals surface area contributed by atoms with Crippen molar-refractivity contribution in [2.75, 3.05) is 19.7 Å². The van der Waals surface area contributed by atoms with Crippen LogP contribution < -0.4 is 4.74 Å². The Labute approximate surface area is 191 Å². The van der Waals surface area contributed by atoms with Crippen molar-refractivity contribution in [1.29, 1.82) is 0 Å². The molecule has 2 aromatic rings. The van der Waals surface area contributed by atoms with Crippen molar-refractivity contribution < 1.29 is 14.3 Å². The largest absolute Gasteiger partial charge is 0.478 e. The molecule has 1 aromatic carbocycles. The summed E-state index contributed by atoms with van der Waals surface area (Å²) in [5.41, 5.74) is 3.07. The fourth-order valence-corrected chi connectivity index (χ4v) is 4.86. The van der Waals surface area contributed by atoms with Crippen LogP contribution in [-0.2, 0) is 21.6 Å². The monoisotopic (exact) mass is 437 g/mol. The molecule has 0 N–H and O–H groups in total. The minimum absolute atomic E-state index is 0.0125. The number of carbonyl (C=O) groups excluding carboxylic acids is 1. The zero-order valence-corrected chi connectivity index (χ0v) is 20.2. The second-order valence-electron chi connectivity index (χ2n) is 9.98. The molecule has 172 valence electrons. The first kappa shape index (κ1) is 22.7. The molecule has 1 fully saturated rings. The summed E-state index contributed by atoms with van der Waals surface area (Å²) in [5.74, 6) is 1.89. The Balaban J connectivity index is 1.50. The molecule has 1 spiro atoms. The van der Waals surface area contributed by atoms with Gasteiger partial charge >= 0.3 is 0 Å². The van der Waals surface area contributed by atoms with Gasteiger partial charge in [0, 0.05) is 19.3 Å². The Morgan fingerprint density at radius 3 is 2.62 bits per heavy atom. The number of rotatable bonds is 4. The van der Waals surface area contributed by atoms with Crippen LogP contribution in [0.4, 0.5) is 0 Å². The van der Waals surface area contributed by atoms with Crippen LogP contribution in [0.3, 0.4) is 0 Å². The number of piperidine rings is 1. The molecule has 0 radical (unpaired) electrons. The van der Waals surface area contributed by atoms with E-state index in [1.165, 1.54) is 5.56 Å². The summed E-state index contributed by atoms with van der Waals surface area (Å²) in [5, 5.41) is 0. The quantitative estimate of drug-likeness (QED) is 0.706. The number of nitrogens with zero attached hydrogens (tertiary/aromatic N) is 3. The first-order chi connectivity index (χ1) is 15.1. The van der Waals surface area contributed by atoms with E-state index in [9.17, 15) is 4.79 Å². The lowest BCUT2D eigenvalue weighted by atomic mass is 9.83.